The average molecular weight is 400 g/mol. The van der Waals surface area contributed by atoms with Gasteiger partial charge in [-0.1, -0.05) is 11.6 Å². The van der Waals surface area contributed by atoms with Crippen LogP contribution in [0.25, 0.3) is 0 Å². The minimum Gasteiger partial charge on any atom is -0.467 e. The fourth-order valence-electron chi connectivity index (χ4n) is 2.43. The number of rotatable bonds is 9. The molecular formula is C17H22ClN3O4S. The third-order valence-electron chi connectivity index (χ3n) is 3.72. The van der Waals surface area contributed by atoms with E-state index in [9.17, 15) is 13.2 Å². The number of Topliss-reactive ketones (excluding diaryl/α,β-unsaturated/α-hetero) is 1. The molecule has 0 saturated carbocycles. The molecule has 0 aliphatic rings. The first kappa shape index (κ1) is 20.4. The molecule has 1 heterocycles. The van der Waals surface area contributed by atoms with Gasteiger partial charge in [-0.2, -0.15) is 0 Å². The lowest BCUT2D eigenvalue weighted by Crippen LogP contribution is -2.17. The number of benzene rings is 1. The number of nitrogens with one attached hydrogen (secondary N) is 1. The molecule has 3 N–H and O–H groups in total. The van der Waals surface area contributed by atoms with Crippen LogP contribution in [0.3, 0.4) is 0 Å². The molecule has 9 heteroatoms. The molecule has 0 bridgehead atoms. The lowest BCUT2D eigenvalue weighted by molar-refractivity contribution is 0.0978. The molecule has 0 atom stereocenters. The second-order valence-corrected chi connectivity index (χ2v) is 8.07. The van der Waals surface area contributed by atoms with Crippen LogP contribution in [0.5, 0.6) is 0 Å². The first-order chi connectivity index (χ1) is 12.2. The Morgan fingerprint density at radius 1 is 1.35 bits per heavy atom. The van der Waals surface area contributed by atoms with Gasteiger partial charge in [-0.25, -0.2) is 13.6 Å². The molecule has 2 rings (SSSR count). The Morgan fingerprint density at radius 2 is 2.08 bits per heavy atom. The lowest BCUT2D eigenvalue weighted by Gasteiger charge is -2.14. The molecule has 0 aliphatic carbocycles. The number of ketones is 1. The Labute approximate surface area is 158 Å². The molecule has 26 heavy (non-hydrogen) atoms. The number of hydrogen-bond acceptors (Lipinski definition) is 6. The SMILES string of the molecule is CN(C)CCCC(=O)c1cc(S(N)(=O)=O)c(Cl)cc1NCc1ccco1. The number of sulfonamides is 1. The third kappa shape index (κ3) is 5.57. The van der Waals surface area contributed by atoms with Crippen molar-refractivity contribution >= 4 is 33.1 Å². The van der Waals surface area contributed by atoms with Crippen LogP contribution >= 0.6 is 11.6 Å². The minimum absolute atomic E-state index is 0.0423. The number of anilines is 1. The van der Waals surface area contributed by atoms with E-state index in [4.69, 9.17) is 21.2 Å². The van der Waals surface area contributed by atoms with E-state index in [1.165, 1.54) is 12.1 Å². The van der Waals surface area contributed by atoms with Gasteiger partial charge in [-0.05, 0) is 51.3 Å². The van der Waals surface area contributed by atoms with E-state index >= 15 is 0 Å². The lowest BCUT2D eigenvalue weighted by atomic mass is 10.0. The van der Waals surface area contributed by atoms with Crippen LogP contribution in [-0.4, -0.2) is 39.7 Å². The largest absolute Gasteiger partial charge is 0.467 e. The van der Waals surface area contributed by atoms with Gasteiger partial charge in [0.15, 0.2) is 5.78 Å². The predicted molar refractivity (Wildman–Crippen MR) is 101 cm³/mol. The molecule has 0 radical (unpaired) electrons. The highest BCUT2D eigenvalue weighted by atomic mass is 35.5. The van der Waals surface area contributed by atoms with Gasteiger partial charge in [-0.3, -0.25) is 4.79 Å². The number of carbonyl (C=O) groups is 1. The quantitative estimate of drug-likeness (QED) is 0.628. The van der Waals surface area contributed by atoms with Gasteiger partial charge in [0.05, 0.1) is 17.8 Å². The Kier molecular flexibility index (Phi) is 6.82. The molecule has 1 aromatic carbocycles. The van der Waals surface area contributed by atoms with E-state index in [2.05, 4.69) is 5.32 Å². The van der Waals surface area contributed by atoms with Gasteiger partial charge in [0.2, 0.25) is 10.0 Å². The molecule has 2 aromatic rings. The van der Waals surface area contributed by atoms with E-state index in [0.717, 1.165) is 6.54 Å². The summed E-state index contributed by atoms with van der Waals surface area (Å²) >= 11 is 6.06. The zero-order chi connectivity index (χ0) is 19.3. The van der Waals surface area contributed by atoms with Crippen molar-refractivity contribution < 1.29 is 17.6 Å². The summed E-state index contributed by atoms with van der Waals surface area (Å²) in [7, 11) is -0.199. The molecular weight excluding hydrogens is 378 g/mol. The number of nitrogens with zero attached hydrogens (tertiary/aromatic N) is 1. The van der Waals surface area contributed by atoms with Crippen molar-refractivity contribution in [3.8, 4) is 0 Å². The summed E-state index contributed by atoms with van der Waals surface area (Å²) in [6.07, 6.45) is 2.47. The Bertz CT molecular complexity index is 864. The highest BCUT2D eigenvalue weighted by molar-refractivity contribution is 7.89. The van der Waals surface area contributed by atoms with Crippen LogP contribution in [0.15, 0.2) is 39.8 Å². The van der Waals surface area contributed by atoms with E-state index < -0.39 is 10.0 Å². The van der Waals surface area contributed by atoms with Gasteiger partial charge >= 0.3 is 0 Å². The summed E-state index contributed by atoms with van der Waals surface area (Å²) in [5.41, 5.74) is 0.678. The van der Waals surface area contributed by atoms with Crippen molar-refractivity contribution in [1.29, 1.82) is 0 Å². The number of furan rings is 1. The molecule has 0 amide bonds. The molecule has 0 unspecified atom stereocenters. The summed E-state index contributed by atoms with van der Waals surface area (Å²) in [5.74, 6) is 0.484. The summed E-state index contributed by atoms with van der Waals surface area (Å²) < 4.78 is 28.7. The number of nitrogens with two attached hydrogens (primary N) is 1. The predicted octanol–water partition coefficient (Wildman–Crippen LogP) is 2.72. The van der Waals surface area contributed by atoms with Crippen LogP contribution in [0.2, 0.25) is 5.02 Å². The standard InChI is InChI=1S/C17H22ClN3O4S/c1-21(2)7-3-6-16(22)13-9-17(26(19,23)24)14(18)10-15(13)20-11-12-5-4-8-25-12/h4-5,8-10,20H,3,6-7,11H2,1-2H3,(H2,19,23,24). The van der Waals surface area contributed by atoms with Crippen molar-refractivity contribution in [1.82, 2.24) is 4.90 Å². The first-order valence-electron chi connectivity index (χ1n) is 7.99. The first-order valence-corrected chi connectivity index (χ1v) is 9.91. The van der Waals surface area contributed by atoms with Crippen molar-refractivity contribution in [2.75, 3.05) is 26.0 Å². The van der Waals surface area contributed by atoms with Crippen molar-refractivity contribution in [2.24, 2.45) is 5.14 Å². The van der Waals surface area contributed by atoms with Gasteiger partial charge in [0.25, 0.3) is 0 Å². The topological polar surface area (TPSA) is 106 Å². The number of carbonyl (C=O) groups excluding carboxylic acids is 1. The Morgan fingerprint density at radius 3 is 2.65 bits per heavy atom. The zero-order valence-electron chi connectivity index (χ0n) is 14.7. The average Bonchev–Trinajstić information content (AvgIpc) is 3.04. The molecule has 7 nitrogen and oxygen atoms in total. The van der Waals surface area contributed by atoms with Gasteiger partial charge < -0.3 is 14.6 Å². The zero-order valence-corrected chi connectivity index (χ0v) is 16.2. The maximum atomic E-state index is 12.6. The van der Waals surface area contributed by atoms with E-state index in [0.29, 0.717) is 24.4 Å². The van der Waals surface area contributed by atoms with E-state index in [-0.39, 0.29) is 27.7 Å². The summed E-state index contributed by atoms with van der Waals surface area (Å²) in [5, 5.41) is 8.23. The molecule has 0 fully saturated rings. The fraction of sp³-hybridized carbons (Fsp3) is 0.353. The van der Waals surface area contributed by atoms with Crippen molar-refractivity contribution in [3.63, 3.8) is 0 Å². The molecule has 0 saturated heterocycles. The van der Waals surface area contributed by atoms with Crippen LogP contribution in [-0.2, 0) is 16.6 Å². The van der Waals surface area contributed by atoms with Crippen LogP contribution < -0.4 is 10.5 Å². The summed E-state index contributed by atoms with van der Waals surface area (Å²) in [6, 6.07) is 6.18. The van der Waals surface area contributed by atoms with Gasteiger partial charge in [0, 0.05) is 17.7 Å². The minimum atomic E-state index is -4.04. The molecule has 0 spiro atoms. The maximum Gasteiger partial charge on any atom is 0.239 e. The van der Waals surface area contributed by atoms with E-state index in [1.54, 1.807) is 18.4 Å². The van der Waals surface area contributed by atoms with Crippen LogP contribution in [0.1, 0.15) is 29.0 Å². The number of hydrogen-bond donors (Lipinski definition) is 2. The highest BCUT2D eigenvalue weighted by Gasteiger charge is 2.20. The van der Waals surface area contributed by atoms with E-state index in [1.807, 2.05) is 19.0 Å². The van der Waals surface area contributed by atoms with Gasteiger partial charge in [0.1, 0.15) is 10.7 Å². The number of primary sulfonamides is 1. The number of halogens is 1. The normalized spacial score (nSPS) is 11.7. The highest BCUT2D eigenvalue weighted by Crippen LogP contribution is 2.29. The van der Waals surface area contributed by atoms with Gasteiger partial charge in [-0.15, -0.1) is 0 Å². The van der Waals surface area contributed by atoms with Crippen LogP contribution in [0.4, 0.5) is 5.69 Å². The smallest absolute Gasteiger partial charge is 0.239 e. The second-order valence-electron chi connectivity index (χ2n) is 6.14. The van der Waals surface area contributed by atoms with Crippen molar-refractivity contribution in [2.45, 2.75) is 24.3 Å². The molecule has 0 aliphatic heterocycles. The Balaban J connectivity index is 2.31. The second kappa shape index (κ2) is 8.68. The fourth-order valence-corrected chi connectivity index (χ4v) is 3.53. The molecule has 142 valence electrons. The van der Waals surface area contributed by atoms with Crippen LogP contribution in [0, 0.1) is 0 Å². The summed E-state index contributed by atoms with van der Waals surface area (Å²) in [4.78, 5) is 14.3. The monoisotopic (exact) mass is 399 g/mol. The maximum absolute atomic E-state index is 12.6. The summed E-state index contributed by atoms with van der Waals surface area (Å²) in [6.45, 7) is 1.08. The van der Waals surface area contributed by atoms with Crippen molar-refractivity contribution in [3.05, 3.63) is 46.9 Å². The molecule has 1 aromatic heterocycles. The third-order valence-corrected chi connectivity index (χ3v) is 5.10. The Hall–Kier alpha value is -1.87.